The standard InChI is InChI=1S/C16H20FN3O3S/c1-15(11-8-10(18)2-3-12(11)17)9-16(4-6-23-7-5-16)24-13(20-15)19-14(21)22/h2-3,8H,4-7,9,18H2,1H3,(H,19,20)(H,21,22)/t15-/m0/s1. The van der Waals surface area contributed by atoms with Gasteiger partial charge in [-0.15, -0.1) is 0 Å². The Morgan fingerprint density at radius 3 is 2.83 bits per heavy atom. The van der Waals surface area contributed by atoms with E-state index in [9.17, 15) is 9.18 Å². The molecular weight excluding hydrogens is 333 g/mol. The van der Waals surface area contributed by atoms with Crippen molar-refractivity contribution >= 4 is 28.7 Å². The van der Waals surface area contributed by atoms with Crippen molar-refractivity contribution in [1.29, 1.82) is 0 Å². The first-order valence-electron chi connectivity index (χ1n) is 7.74. The molecule has 130 valence electrons. The molecule has 1 saturated heterocycles. The number of amides is 1. The van der Waals surface area contributed by atoms with Gasteiger partial charge in [-0.05, 0) is 44.4 Å². The highest BCUT2D eigenvalue weighted by Gasteiger charge is 2.47. The molecule has 1 aromatic carbocycles. The Bertz CT molecular complexity index is 691. The van der Waals surface area contributed by atoms with Crippen LogP contribution in [0.2, 0.25) is 0 Å². The number of carbonyl (C=O) groups is 1. The van der Waals surface area contributed by atoms with Gasteiger partial charge in [0.2, 0.25) is 0 Å². The van der Waals surface area contributed by atoms with Crippen molar-refractivity contribution in [3.8, 4) is 0 Å². The molecule has 0 aromatic heterocycles. The topological polar surface area (TPSA) is 96.9 Å². The van der Waals surface area contributed by atoms with Crippen LogP contribution in [0.3, 0.4) is 0 Å². The number of rotatable bonds is 1. The number of nitrogens with one attached hydrogen (secondary N) is 1. The van der Waals surface area contributed by atoms with Gasteiger partial charge in [0.05, 0.1) is 5.54 Å². The highest BCUT2D eigenvalue weighted by Crippen LogP contribution is 2.50. The first kappa shape index (κ1) is 17.0. The number of ether oxygens (including phenoxy) is 1. The summed E-state index contributed by atoms with van der Waals surface area (Å²) in [7, 11) is 0. The van der Waals surface area contributed by atoms with Crippen molar-refractivity contribution in [1.82, 2.24) is 5.32 Å². The van der Waals surface area contributed by atoms with Crippen LogP contribution in [0, 0.1) is 5.82 Å². The van der Waals surface area contributed by atoms with Gasteiger partial charge in [0.1, 0.15) is 5.82 Å². The van der Waals surface area contributed by atoms with Gasteiger partial charge < -0.3 is 15.6 Å². The summed E-state index contributed by atoms with van der Waals surface area (Å²) < 4.78 is 19.7. The van der Waals surface area contributed by atoms with Gasteiger partial charge in [0, 0.05) is 29.2 Å². The Morgan fingerprint density at radius 2 is 2.17 bits per heavy atom. The number of hydrogen-bond donors (Lipinski definition) is 3. The van der Waals surface area contributed by atoms with Gasteiger partial charge >= 0.3 is 6.09 Å². The minimum absolute atomic E-state index is 0.233. The molecule has 4 N–H and O–H groups in total. The van der Waals surface area contributed by atoms with E-state index in [-0.39, 0.29) is 10.6 Å². The Kier molecular flexibility index (Phi) is 4.44. The number of thioether (sulfide) groups is 1. The monoisotopic (exact) mass is 353 g/mol. The normalized spacial score (nSPS) is 26.0. The van der Waals surface area contributed by atoms with Crippen LogP contribution >= 0.6 is 11.8 Å². The van der Waals surface area contributed by atoms with Crippen LogP contribution in [0.25, 0.3) is 0 Å². The van der Waals surface area contributed by atoms with Crippen molar-refractivity contribution in [3.63, 3.8) is 0 Å². The highest BCUT2D eigenvalue weighted by molar-refractivity contribution is 8.15. The number of anilines is 1. The summed E-state index contributed by atoms with van der Waals surface area (Å²) in [6.07, 6.45) is 0.939. The number of nitrogen functional groups attached to an aromatic ring is 1. The smallest absolute Gasteiger partial charge is 0.410 e. The Hall–Kier alpha value is -1.80. The van der Waals surface area contributed by atoms with Crippen LogP contribution in [-0.4, -0.2) is 34.3 Å². The lowest BCUT2D eigenvalue weighted by molar-refractivity contribution is 0.0690. The molecule has 3 rings (SSSR count). The fourth-order valence-corrected chi connectivity index (χ4v) is 4.95. The van der Waals surface area contributed by atoms with Crippen molar-refractivity contribution in [2.75, 3.05) is 18.9 Å². The van der Waals surface area contributed by atoms with Gasteiger partial charge in [-0.2, -0.15) is 0 Å². The largest absolute Gasteiger partial charge is 0.465 e. The molecule has 6 nitrogen and oxygen atoms in total. The second-order valence-electron chi connectivity index (χ2n) is 6.43. The summed E-state index contributed by atoms with van der Waals surface area (Å²) in [6.45, 7) is 3.02. The fraction of sp³-hybridized carbons (Fsp3) is 0.500. The molecule has 8 heteroatoms. The van der Waals surface area contributed by atoms with E-state index in [0.717, 1.165) is 12.8 Å². The summed E-state index contributed by atoms with van der Waals surface area (Å²) in [4.78, 5) is 15.6. The van der Waals surface area contributed by atoms with Crippen LogP contribution in [0.5, 0.6) is 0 Å². The molecule has 0 aliphatic carbocycles. The fourth-order valence-electron chi connectivity index (χ4n) is 3.43. The van der Waals surface area contributed by atoms with Crippen LogP contribution in [0.1, 0.15) is 31.7 Å². The molecule has 1 fully saturated rings. The van der Waals surface area contributed by atoms with E-state index in [0.29, 0.717) is 36.1 Å². The number of benzene rings is 1. The van der Waals surface area contributed by atoms with Crippen molar-refractivity contribution in [2.45, 2.75) is 36.5 Å². The van der Waals surface area contributed by atoms with Crippen LogP contribution < -0.4 is 11.1 Å². The first-order chi connectivity index (χ1) is 11.3. The van der Waals surface area contributed by atoms with E-state index in [4.69, 9.17) is 15.6 Å². The molecule has 1 amide bonds. The maximum Gasteiger partial charge on any atom is 0.410 e. The molecule has 2 heterocycles. The summed E-state index contributed by atoms with van der Waals surface area (Å²) >= 11 is 1.41. The lowest BCUT2D eigenvalue weighted by atomic mass is 9.79. The third kappa shape index (κ3) is 3.34. The van der Waals surface area contributed by atoms with Gasteiger partial charge in [-0.3, -0.25) is 10.3 Å². The molecule has 0 saturated carbocycles. The highest BCUT2D eigenvalue weighted by atomic mass is 32.2. The Labute approximate surface area is 143 Å². The predicted molar refractivity (Wildman–Crippen MR) is 91.8 cm³/mol. The van der Waals surface area contributed by atoms with Crippen LogP contribution in [0.15, 0.2) is 23.2 Å². The average molecular weight is 353 g/mol. The van der Waals surface area contributed by atoms with E-state index < -0.39 is 11.6 Å². The lowest BCUT2D eigenvalue weighted by Crippen LogP contribution is -2.47. The van der Waals surface area contributed by atoms with Crippen LogP contribution in [-0.2, 0) is 10.3 Å². The van der Waals surface area contributed by atoms with Crippen molar-refractivity contribution < 1.29 is 19.0 Å². The van der Waals surface area contributed by atoms with Gasteiger partial charge in [0.25, 0.3) is 0 Å². The van der Waals surface area contributed by atoms with Gasteiger partial charge in [-0.1, -0.05) is 11.8 Å². The zero-order valence-electron chi connectivity index (χ0n) is 13.3. The third-order valence-electron chi connectivity index (χ3n) is 4.52. The Balaban J connectivity index is 2.05. The van der Waals surface area contributed by atoms with Gasteiger partial charge in [0.15, 0.2) is 5.17 Å². The van der Waals surface area contributed by atoms with E-state index in [2.05, 4.69) is 10.3 Å². The number of nitrogens with zero attached hydrogens (tertiary/aromatic N) is 1. The average Bonchev–Trinajstić information content (AvgIpc) is 2.49. The summed E-state index contributed by atoms with van der Waals surface area (Å²) in [5, 5.41) is 11.7. The Morgan fingerprint density at radius 1 is 1.46 bits per heavy atom. The lowest BCUT2D eigenvalue weighted by Gasteiger charge is -2.45. The number of hydrogen-bond acceptors (Lipinski definition) is 5. The molecule has 2 aliphatic heterocycles. The van der Waals surface area contributed by atoms with Gasteiger partial charge in [-0.25, -0.2) is 9.18 Å². The maximum absolute atomic E-state index is 14.5. The summed E-state index contributed by atoms with van der Waals surface area (Å²) in [6, 6.07) is 4.42. The number of halogens is 1. The second-order valence-corrected chi connectivity index (χ2v) is 7.89. The number of carboxylic acid groups (broad SMARTS) is 1. The molecule has 1 aromatic rings. The molecule has 0 unspecified atom stereocenters. The molecule has 2 aliphatic rings. The van der Waals surface area contributed by atoms with Crippen molar-refractivity contribution in [3.05, 3.63) is 29.6 Å². The third-order valence-corrected chi connectivity index (χ3v) is 5.89. The zero-order valence-corrected chi connectivity index (χ0v) is 14.2. The summed E-state index contributed by atoms with van der Waals surface area (Å²) in [5.74, 6) is -0.390. The first-order valence-corrected chi connectivity index (χ1v) is 8.56. The number of aliphatic imine (C=N–C) groups is 1. The second kappa shape index (κ2) is 6.25. The molecule has 1 atom stereocenters. The maximum atomic E-state index is 14.5. The predicted octanol–water partition coefficient (Wildman–Crippen LogP) is 2.93. The summed E-state index contributed by atoms with van der Waals surface area (Å²) in [5.41, 5.74) is 5.78. The van der Waals surface area contributed by atoms with E-state index in [1.165, 1.54) is 23.9 Å². The van der Waals surface area contributed by atoms with Crippen LogP contribution in [0.4, 0.5) is 14.9 Å². The quantitative estimate of drug-likeness (QED) is 0.675. The minimum atomic E-state index is -1.18. The van der Waals surface area contributed by atoms with E-state index in [1.54, 1.807) is 6.07 Å². The number of amidine groups is 1. The SMILES string of the molecule is C[C@@]1(c2cc(N)ccc2F)CC2(CCOCC2)SC(NC(=O)O)=N1. The molecule has 24 heavy (non-hydrogen) atoms. The molecule has 1 spiro atoms. The molecular formula is C16H20FN3O3S. The van der Waals surface area contributed by atoms with Crippen molar-refractivity contribution in [2.24, 2.45) is 4.99 Å². The van der Waals surface area contributed by atoms with E-state index in [1.807, 2.05) is 6.92 Å². The zero-order chi connectivity index (χ0) is 17.4. The molecule has 0 radical (unpaired) electrons. The van der Waals surface area contributed by atoms with E-state index >= 15 is 0 Å². The molecule has 0 bridgehead atoms. The minimum Gasteiger partial charge on any atom is -0.465 e. The number of nitrogens with two attached hydrogens (primary N) is 1.